The second-order valence-corrected chi connectivity index (χ2v) is 6.20. The summed E-state index contributed by atoms with van der Waals surface area (Å²) in [6, 6.07) is 4.56. The van der Waals surface area contributed by atoms with Crippen molar-refractivity contribution in [3.8, 4) is 0 Å². The van der Waals surface area contributed by atoms with Gasteiger partial charge in [-0.15, -0.1) is 0 Å². The van der Waals surface area contributed by atoms with Gasteiger partial charge in [-0.25, -0.2) is 8.78 Å². The number of rotatable bonds is 5. The van der Waals surface area contributed by atoms with Crippen LogP contribution in [0.4, 0.5) is 8.78 Å². The normalized spacial score (nSPS) is 24.0. The molecule has 3 rings (SSSR count). The van der Waals surface area contributed by atoms with Crippen LogP contribution in [0.3, 0.4) is 0 Å². The zero-order valence-electron chi connectivity index (χ0n) is 11.7. The fourth-order valence-corrected chi connectivity index (χ4v) is 3.04. The molecule has 2 nitrogen and oxygen atoms in total. The predicted molar refractivity (Wildman–Crippen MR) is 75.4 cm³/mol. The number of benzene rings is 1. The second-order valence-electron chi connectivity index (χ2n) is 6.20. The third-order valence-electron chi connectivity index (χ3n) is 4.20. The lowest BCUT2D eigenvalue weighted by molar-refractivity contribution is 0.165. The van der Waals surface area contributed by atoms with Crippen molar-refractivity contribution in [2.45, 2.75) is 38.3 Å². The molecule has 110 valence electrons. The zero-order chi connectivity index (χ0) is 13.9. The van der Waals surface area contributed by atoms with Gasteiger partial charge < -0.3 is 5.32 Å². The Morgan fingerprint density at radius 1 is 1.10 bits per heavy atom. The van der Waals surface area contributed by atoms with Gasteiger partial charge in [-0.1, -0.05) is 0 Å². The molecule has 0 spiro atoms. The van der Waals surface area contributed by atoms with Crippen molar-refractivity contribution in [2.75, 3.05) is 19.6 Å². The van der Waals surface area contributed by atoms with Gasteiger partial charge in [0.25, 0.3) is 0 Å². The van der Waals surface area contributed by atoms with E-state index < -0.39 is 11.6 Å². The Bertz CT molecular complexity index is 440. The molecule has 1 saturated heterocycles. The molecule has 20 heavy (non-hydrogen) atoms. The van der Waals surface area contributed by atoms with Gasteiger partial charge in [-0.3, -0.25) is 4.90 Å². The van der Waals surface area contributed by atoms with Crippen molar-refractivity contribution in [1.82, 2.24) is 10.2 Å². The van der Waals surface area contributed by atoms with Crippen molar-refractivity contribution >= 4 is 0 Å². The lowest BCUT2D eigenvalue weighted by Gasteiger charge is -2.33. The van der Waals surface area contributed by atoms with Gasteiger partial charge >= 0.3 is 0 Å². The molecule has 2 aliphatic rings. The van der Waals surface area contributed by atoms with E-state index in [1.165, 1.54) is 37.8 Å². The van der Waals surface area contributed by atoms with E-state index in [0.29, 0.717) is 12.5 Å². The number of nitrogens with zero attached hydrogens (tertiary/aromatic N) is 1. The van der Waals surface area contributed by atoms with Crippen LogP contribution >= 0.6 is 0 Å². The minimum Gasteiger partial charge on any atom is -0.314 e. The molecule has 1 unspecified atom stereocenters. The summed E-state index contributed by atoms with van der Waals surface area (Å²) in [6.07, 6.45) is 5.07. The van der Waals surface area contributed by atoms with Crippen LogP contribution in [0.1, 0.15) is 31.2 Å². The Morgan fingerprint density at radius 3 is 2.55 bits per heavy atom. The topological polar surface area (TPSA) is 15.3 Å². The minimum atomic E-state index is -0.482. The largest absolute Gasteiger partial charge is 0.314 e. The van der Waals surface area contributed by atoms with Gasteiger partial charge in [0.2, 0.25) is 0 Å². The summed E-state index contributed by atoms with van der Waals surface area (Å²) >= 11 is 0. The van der Waals surface area contributed by atoms with Crippen molar-refractivity contribution in [3.63, 3.8) is 0 Å². The standard InChI is InChI=1S/C16H22F2N2/c17-14-6-13(7-15(18)8-14)11-20-5-1-2-12(10-20)9-19-16-3-4-16/h6-8,12,16,19H,1-5,9-11H2. The molecule has 1 aliphatic carbocycles. The molecule has 1 aliphatic heterocycles. The third-order valence-corrected chi connectivity index (χ3v) is 4.20. The van der Waals surface area contributed by atoms with Crippen LogP contribution in [-0.4, -0.2) is 30.6 Å². The average Bonchev–Trinajstić information content (AvgIpc) is 3.19. The summed E-state index contributed by atoms with van der Waals surface area (Å²) in [5, 5.41) is 3.58. The first kappa shape index (κ1) is 14.0. The first-order chi connectivity index (χ1) is 9.69. The van der Waals surface area contributed by atoms with Crippen LogP contribution in [0, 0.1) is 17.6 Å². The zero-order valence-corrected chi connectivity index (χ0v) is 11.7. The molecule has 1 aromatic rings. The summed E-state index contributed by atoms with van der Waals surface area (Å²) in [6.45, 7) is 3.78. The van der Waals surface area contributed by atoms with E-state index >= 15 is 0 Å². The number of hydrogen-bond acceptors (Lipinski definition) is 2. The monoisotopic (exact) mass is 280 g/mol. The van der Waals surface area contributed by atoms with Gasteiger partial charge in [0.05, 0.1) is 0 Å². The maximum absolute atomic E-state index is 13.2. The summed E-state index contributed by atoms with van der Waals surface area (Å²) in [5.74, 6) is -0.296. The van der Waals surface area contributed by atoms with Gasteiger partial charge in [0, 0.05) is 25.2 Å². The number of nitrogens with one attached hydrogen (secondary N) is 1. The summed E-state index contributed by atoms with van der Waals surface area (Å²) in [7, 11) is 0. The van der Waals surface area contributed by atoms with Crippen molar-refractivity contribution in [2.24, 2.45) is 5.92 Å². The molecule has 1 heterocycles. The highest BCUT2D eigenvalue weighted by molar-refractivity contribution is 5.17. The Balaban J connectivity index is 1.53. The first-order valence-corrected chi connectivity index (χ1v) is 7.60. The van der Waals surface area contributed by atoms with E-state index in [1.54, 1.807) is 0 Å². The van der Waals surface area contributed by atoms with Crippen molar-refractivity contribution < 1.29 is 8.78 Å². The van der Waals surface area contributed by atoms with E-state index in [0.717, 1.165) is 37.3 Å². The molecule has 1 N–H and O–H groups in total. The van der Waals surface area contributed by atoms with E-state index in [9.17, 15) is 8.78 Å². The van der Waals surface area contributed by atoms with Gasteiger partial charge in [0.15, 0.2) is 0 Å². The molecule has 1 aromatic carbocycles. The number of piperidine rings is 1. The Labute approximate surface area is 119 Å². The fraction of sp³-hybridized carbons (Fsp3) is 0.625. The predicted octanol–water partition coefficient (Wildman–Crippen LogP) is 2.93. The summed E-state index contributed by atoms with van der Waals surface area (Å²) in [5.41, 5.74) is 0.735. The molecule has 0 amide bonds. The van der Waals surface area contributed by atoms with Crippen LogP contribution in [0.5, 0.6) is 0 Å². The SMILES string of the molecule is Fc1cc(F)cc(CN2CCCC(CNC3CC3)C2)c1. The molecule has 4 heteroatoms. The lowest BCUT2D eigenvalue weighted by atomic mass is 9.97. The van der Waals surface area contributed by atoms with Crippen LogP contribution in [0.2, 0.25) is 0 Å². The highest BCUT2D eigenvalue weighted by Gasteiger charge is 2.24. The van der Waals surface area contributed by atoms with E-state index in [2.05, 4.69) is 10.2 Å². The number of hydrogen-bond donors (Lipinski definition) is 1. The Morgan fingerprint density at radius 2 is 1.85 bits per heavy atom. The number of halogens is 2. The van der Waals surface area contributed by atoms with E-state index in [1.807, 2.05) is 0 Å². The molecule has 2 fully saturated rings. The first-order valence-electron chi connectivity index (χ1n) is 7.60. The fourth-order valence-electron chi connectivity index (χ4n) is 3.04. The van der Waals surface area contributed by atoms with Gasteiger partial charge in [-0.05, 0) is 62.4 Å². The second kappa shape index (κ2) is 6.19. The van der Waals surface area contributed by atoms with Crippen LogP contribution in [0.15, 0.2) is 18.2 Å². The van der Waals surface area contributed by atoms with Crippen LogP contribution < -0.4 is 5.32 Å². The Hall–Kier alpha value is -1.00. The highest BCUT2D eigenvalue weighted by Crippen LogP contribution is 2.22. The summed E-state index contributed by atoms with van der Waals surface area (Å²) in [4.78, 5) is 2.32. The number of likely N-dealkylation sites (tertiary alicyclic amines) is 1. The maximum atomic E-state index is 13.2. The highest BCUT2D eigenvalue weighted by atomic mass is 19.1. The third kappa shape index (κ3) is 4.00. The van der Waals surface area contributed by atoms with Crippen LogP contribution in [-0.2, 0) is 6.54 Å². The Kier molecular flexibility index (Phi) is 4.32. The van der Waals surface area contributed by atoms with Crippen molar-refractivity contribution in [3.05, 3.63) is 35.4 Å². The van der Waals surface area contributed by atoms with E-state index in [-0.39, 0.29) is 0 Å². The molecule has 0 bridgehead atoms. The van der Waals surface area contributed by atoms with Crippen LogP contribution in [0.25, 0.3) is 0 Å². The van der Waals surface area contributed by atoms with Gasteiger partial charge in [-0.2, -0.15) is 0 Å². The quantitative estimate of drug-likeness (QED) is 0.892. The molecule has 1 saturated carbocycles. The molecular weight excluding hydrogens is 258 g/mol. The minimum absolute atomic E-state index is 0.482. The average molecular weight is 280 g/mol. The molecular formula is C16H22F2N2. The smallest absolute Gasteiger partial charge is 0.126 e. The molecule has 0 radical (unpaired) electrons. The molecule has 1 atom stereocenters. The maximum Gasteiger partial charge on any atom is 0.126 e. The van der Waals surface area contributed by atoms with E-state index in [4.69, 9.17) is 0 Å². The van der Waals surface area contributed by atoms with Crippen molar-refractivity contribution in [1.29, 1.82) is 0 Å². The lowest BCUT2D eigenvalue weighted by Crippen LogP contribution is -2.39. The molecule has 0 aromatic heterocycles. The summed E-state index contributed by atoms with van der Waals surface area (Å²) < 4.78 is 26.4. The van der Waals surface area contributed by atoms with Gasteiger partial charge in [0.1, 0.15) is 11.6 Å².